The van der Waals surface area contributed by atoms with Gasteiger partial charge in [0.05, 0.1) is 6.61 Å². The van der Waals surface area contributed by atoms with Gasteiger partial charge >= 0.3 is 0 Å². The SMILES string of the molecule is C=CCOc1cc(C)c(C)cc1CC1CCN(C(=O)C2COC(C)(C)O2)CC1.CC(C)(C)SN. The molecule has 1 amide bonds. The molecule has 1 unspecified atom stereocenters. The van der Waals surface area contributed by atoms with Crippen LogP contribution in [0.2, 0.25) is 0 Å². The summed E-state index contributed by atoms with van der Waals surface area (Å²) in [6.07, 6.45) is 4.28. The van der Waals surface area contributed by atoms with E-state index in [0.717, 1.165) is 38.1 Å². The van der Waals surface area contributed by atoms with Gasteiger partial charge in [-0.3, -0.25) is 9.93 Å². The van der Waals surface area contributed by atoms with Crippen molar-refractivity contribution in [2.75, 3.05) is 26.3 Å². The van der Waals surface area contributed by atoms with Crippen LogP contribution in [0, 0.1) is 19.8 Å². The molecule has 6 nitrogen and oxygen atoms in total. The van der Waals surface area contributed by atoms with Crippen molar-refractivity contribution < 1.29 is 19.0 Å². The highest BCUT2D eigenvalue weighted by atomic mass is 32.2. The fraction of sp³-hybridized carbons (Fsp3) is 0.667. The highest BCUT2D eigenvalue weighted by molar-refractivity contribution is 7.98. The largest absolute Gasteiger partial charge is 0.489 e. The Morgan fingerprint density at radius 2 is 1.85 bits per heavy atom. The maximum Gasteiger partial charge on any atom is 0.254 e. The lowest BCUT2D eigenvalue weighted by atomic mass is 9.88. The molecule has 0 aromatic heterocycles. The molecule has 1 aromatic rings. The maximum atomic E-state index is 12.7. The molecule has 1 aromatic carbocycles. The Hall–Kier alpha value is -1.54. The summed E-state index contributed by atoms with van der Waals surface area (Å²) in [6, 6.07) is 4.38. The van der Waals surface area contributed by atoms with E-state index < -0.39 is 11.9 Å². The summed E-state index contributed by atoms with van der Waals surface area (Å²) in [4.78, 5) is 14.6. The molecular weight excluding hydrogens is 448 g/mol. The van der Waals surface area contributed by atoms with Crippen molar-refractivity contribution in [1.82, 2.24) is 4.90 Å². The van der Waals surface area contributed by atoms with Crippen LogP contribution in [-0.2, 0) is 20.7 Å². The molecule has 2 aliphatic heterocycles. The summed E-state index contributed by atoms with van der Waals surface area (Å²) < 4.78 is 17.4. The molecule has 0 spiro atoms. The van der Waals surface area contributed by atoms with Gasteiger partial charge in [0.1, 0.15) is 12.4 Å². The van der Waals surface area contributed by atoms with E-state index in [1.54, 1.807) is 6.08 Å². The predicted octanol–water partition coefficient (Wildman–Crippen LogP) is 5.19. The normalized spacial score (nSPS) is 20.5. The fourth-order valence-electron chi connectivity index (χ4n) is 3.97. The Bertz CT molecular complexity index is 827. The number of aryl methyl sites for hydroxylation is 2. The number of nitrogens with zero attached hydrogens (tertiary/aromatic N) is 1. The van der Waals surface area contributed by atoms with Crippen molar-refractivity contribution in [3.63, 3.8) is 0 Å². The van der Waals surface area contributed by atoms with Crippen LogP contribution in [0.5, 0.6) is 5.75 Å². The van der Waals surface area contributed by atoms with Crippen LogP contribution >= 0.6 is 11.9 Å². The Balaban J connectivity index is 0.000000604. The van der Waals surface area contributed by atoms with Crippen LogP contribution in [0.3, 0.4) is 0 Å². The number of ether oxygens (including phenoxy) is 3. The number of hydrogen-bond acceptors (Lipinski definition) is 6. The number of piperidine rings is 1. The molecule has 2 N–H and O–H groups in total. The lowest BCUT2D eigenvalue weighted by Gasteiger charge is -2.33. The molecule has 0 saturated carbocycles. The zero-order valence-electron chi connectivity index (χ0n) is 22.1. The van der Waals surface area contributed by atoms with Gasteiger partial charge in [-0.25, -0.2) is 0 Å². The van der Waals surface area contributed by atoms with Crippen molar-refractivity contribution in [2.24, 2.45) is 11.1 Å². The smallest absolute Gasteiger partial charge is 0.254 e. The number of carbonyl (C=O) groups excluding carboxylic acids is 1. The molecular formula is C27H44N2O4S. The third kappa shape index (κ3) is 8.91. The third-order valence-corrected chi connectivity index (χ3v) is 6.81. The van der Waals surface area contributed by atoms with Gasteiger partial charge < -0.3 is 19.1 Å². The maximum absolute atomic E-state index is 12.7. The third-order valence-electron chi connectivity index (χ3n) is 6.11. The lowest BCUT2D eigenvalue weighted by Crippen LogP contribution is -2.45. The minimum absolute atomic E-state index is 0.0604. The van der Waals surface area contributed by atoms with E-state index in [1.165, 1.54) is 28.6 Å². The molecule has 34 heavy (non-hydrogen) atoms. The molecule has 3 rings (SSSR count). The Labute approximate surface area is 210 Å². The summed E-state index contributed by atoms with van der Waals surface area (Å²) >= 11 is 1.38. The zero-order chi connectivity index (χ0) is 25.5. The average Bonchev–Trinajstić information content (AvgIpc) is 3.14. The van der Waals surface area contributed by atoms with Crippen molar-refractivity contribution >= 4 is 17.9 Å². The second-order valence-electron chi connectivity index (χ2n) is 10.7. The van der Waals surface area contributed by atoms with Gasteiger partial charge in [-0.2, -0.15) is 0 Å². The number of nitrogens with two attached hydrogens (primary N) is 1. The summed E-state index contributed by atoms with van der Waals surface area (Å²) in [5, 5.41) is 5.22. The van der Waals surface area contributed by atoms with Crippen LogP contribution in [0.25, 0.3) is 0 Å². The number of amides is 1. The van der Waals surface area contributed by atoms with Crippen LogP contribution < -0.4 is 9.88 Å². The first kappa shape index (κ1) is 28.7. The number of benzene rings is 1. The van der Waals surface area contributed by atoms with Crippen LogP contribution in [0.15, 0.2) is 24.8 Å². The zero-order valence-corrected chi connectivity index (χ0v) is 22.9. The van der Waals surface area contributed by atoms with Gasteiger partial charge in [-0.1, -0.05) is 30.7 Å². The topological polar surface area (TPSA) is 74.0 Å². The Morgan fingerprint density at radius 3 is 2.35 bits per heavy atom. The lowest BCUT2D eigenvalue weighted by molar-refractivity contribution is -0.161. The molecule has 2 saturated heterocycles. The number of likely N-dealkylation sites (tertiary alicyclic amines) is 1. The summed E-state index contributed by atoms with van der Waals surface area (Å²) in [5.41, 5.74) is 3.78. The molecule has 0 radical (unpaired) electrons. The molecule has 2 aliphatic rings. The Kier molecular flexibility index (Phi) is 10.5. The monoisotopic (exact) mass is 492 g/mol. The summed E-state index contributed by atoms with van der Waals surface area (Å²) in [6.45, 7) is 20.4. The van der Waals surface area contributed by atoms with E-state index in [2.05, 4.69) is 53.3 Å². The van der Waals surface area contributed by atoms with Crippen molar-refractivity contribution in [3.8, 4) is 5.75 Å². The highest BCUT2D eigenvalue weighted by Crippen LogP contribution is 2.31. The number of rotatable bonds is 6. The van der Waals surface area contributed by atoms with E-state index in [-0.39, 0.29) is 10.7 Å². The summed E-state index contributed by atoms with van der Waals surface area (Å²) in [5.74, 6) is 0.906. The van der Waals surface area contributed by atoms with Gasteiger partial charge in [0.2, 0.25) is 0 Å². The van der Waals surface area contributed by atoms with Gasteiger partial charge in [0.15, 0.2) is 11.9 Å². The molecule has 7 heteroatoms. The van der Waals surface area contributed by atoms with E-state index in [0.29, 0.717) is 19.1 Å². The van der Waals surface area contributed by atoms with Crippen molar-refractivity contribution in [3.05, 3.63) is 41.5 Å². The standard InChI is InChI=1S/C23H33NO4.C4H11NS/c1-6-11-26-20-13-17(3)16(2)12-19(20)14-18-7-9-24(10-8-18)22(25)21-15-27-23(4,5)28-21;1-4(2,3)6-5/h6,12-13,18,21H,1,7-11,14-15H2,2-5H3;5H2,1-3H3. The van der Waals surface area contributed by atoms with Crippen LogP contribution in [0.4, 0.5) is 0 Å². The van der Waals surface area contributed by atoms with E-state index >= 15 is 0 Å². The average molecular weight is 493 g/mol. The van der Waals surface area contributed by atoms with Crippen molar-refractivity contribution in [1.29, 1.82) is 0 Å². The highest BCUT2D eigenvalue weighted by Gasteiger charge is 2.39. The minimum Gasteiger partial charge on any atom is -0.489 e. The second-order valence-corrected chi connectivity index (χ2v) is 12.1. The van der Waals surface area contributed by atoms with Crippen LogP contribution in [-0.4, -0.2) is 53.7 Å². The van der Waals surface area contributed by atoms with Crippen LogP contribution in [0.1, 0.15) is 64.2 Å². The van der Waals surface area contributed by atoms with Gasteiger partial charge in [-0.15, -0.1) is 0 Å². The quantitative estimate of drug-likeness (QED) is 0.435. The van der Waals surface area contributed by atoms with Gasteiger partial charge in [-0.05, 0) is 96.4 Å². The van der Waals surface area contributed by atoms with E-state index in [9.17, 15) is 4.79 Å². The van der Waals surface area contributed by atoms with Gasteiger partial charge in [0.25, 0.3) is 5.91 Å². The molecule has 0 bridgehead atoms. The molecule has 192 valence electrons. The van der Waals surface area contributed by atoms with E-state index in [1.807, 2.05) is 18.7 Å². The van der Waals surface area contributed by atoms with Gasteiger partial charge in [0, 0.05) is 17.8 Å². The first-order valence-electron chi connectivity index (χ1n) is 12.2. The molecule has 0 aliphatic carbocycles. The summed E-state index contributed by atoms with van der Waals surface area (Å²) in [7, 11) is 0. The predicted molar refractivity (Wildman–Crippen MR) is 141 cm³/mol. The molecule has 1 atom stereocenters. The second kappa shape index (κ2) is 12.4. The Morgan fingerprint density at radius 1 is 1.26 bits per heavy atom. The first-order chi connectivity index (χ1) is 15.8. The number of carbonyl (C=O) groups is 1. The molecule has 2 fully saturated rings. The number of hydrogen-bond donors (Lipinski definition) is 1. The minimum atomic E-state index is -0.663. The van der Waals surface area contributed by atoms with Crippen molar-refractivity contribution in [2.45, 2.75) is 84.4 Å². The fourth-order valence-corrected chi connectivity index (χ4v) is 3.97. The van der Waals surface area contributed by atoms with E-state index in [4.69, 9.17) is 19.3 Å². The molecule has 2 heterocycles. The first-order valence-corrected chi connectivity index (χ1v) is 13.1.